The van der Waals surface area contributed by atoms with Crippen LogP contribution in [0.1, 0.15) is 71.4 Å². The zero-order chi connectivity index (χ0) is 18.2. The van der Waals surface area contributed by atoms with Gasteiger partial charge in [-0.15, -0.1) is 0 Å². The van der Waals surface area contributed by atoms with Gasteiger partial charge in [0.1, 0.15) is 0 Å². The fraction of sp³-hybridized carbons (Fsp3) is 0.609. The largest absolute Gasteiger partial charge is 0.379 e. The Kier molecular flexibility index (Phi) is 4.83. The summed E-state index contributed by atoms with van der Waals surface area (Å²) >= 11 is 0. The van der Waals surface area contributed by atoms with Crippen molar-refractivity contribution in [3.63, 3.8) is 0 Å². The summed E-state index contributed by atoms with van der Waals surface area (Å²) in [4.78, 5) is 12.9. The molecule has 0 spiro atoms. The molecule has 1 aromatic carbocycles. The molecule has 0 radical (unpaired) electrons. The second-order valence-electron chi connectivity index (χ2n) is 9.72. The lowest BCUT2D eigenvalue weighted by atomic mass is 9.69. The van der Waals surface area contributed by atoms with Crippen molar-refractivity contribution in [2.45, 2.75) is 72.3 Å². The first-order chi connectivity index (χ1) is 11.7. The van der Waals surface area contributed by atoms with Gasteiger partial charge in [-0.2, -0.15) is 0 Å². The highest BCUT2D eigenvalue weighted by molar-refractivity contribution is 5.98. The zero-order valence-corrected chi connectivity index (χ0v) is 16.5. The Morgan fingerprint density at radius 2 is 1.76 bits per heavy atom. The van der Waals surface area contributed by atoms with Crippen molar-refractivity contribution in [1.82, 2.24) is 5.32 Å². The molecule has 2 aliphatic rings. The first-order valence-electron chi connectivity index (χ1n) is 9.78. The summed E-state index contributed by atoms with van der Waals surface area (Å²) in [7, 11) is 0. The van der Waals surface area contributed by atoms with Gasteiger partial charge >= 0.3 is 0 Å². The molecule has 0 bridgehead atoms. The number of benzene rings is 1. The zero-order valence-electron chi connectivity index (χ0n) is 16.5. The summed E-state index contributed by atoms with van der Waals surface area (Å²) < 4.78 is 0. The fourth-order valence-electron chi connectivity index (χ4n) is 4.51. The smallest absolute Gasteiger partial charge is 0.160 e. The molecule has 0 saturated heterocycles. The molecule has 0 unspecified atom stereocenters. The fourth-order valence-corrected chi connectivity index (χ4v) is 4.51. The molecule has 1 saturated carbocycles. The first kappa shape index (κ1) is 18.2. The molecular formula is C23H33NO. The average molecular weight is 340 g/mol. The Labute approximate surface area is 153 Å². The van der Waals surface area contributed by atoms with Gasteiger partial charge in [0.25, 0.3) is 0 Å². The molecule has 1 aliphatic carbocycles. The highest BCUT2D eigenvalue weighted by Gasteiger charge is 2.33. The van der Waals surface area contributed by atoms with Gasteiger partial charge in [-0.1, -0.05) is 45.0 Å². The van der Waals surface area contributed by atoms with E-state index < -0.39 is 0 Å². The van der Waals surface area contributed by atoms with Crippen LogP contribution in [-0.2, 0) is 11.2 Å². The van der Waals surface area contributed by atoms with Gasteiger partial charge in [-0.3, -0.25) is 4.79 Å². The predicted octanol–water partition coefficient (Wildman–Crippen LogP) is 5.37. The Hall–Kier alpha value is -1.57. The van der Waals surface area contributed by atoms with E-state index >= 15 is 0 Å². The lowest BCUT2D eigenvalue weighted by Crippen LogP contribution is -2.44. The van der Waals surface area contributed by atoms with E-state index in [2.05, 4.69) is 64.2 Å². The third-order valence-corrected chi connectivity index (χ3v) is 6.05. The molecule has 3 rings (SSSR count). The van der Waals surface area contributed by atoms with Gasteiger partial charge in [0, 0.05) is 28.8 Å². The van der Waals surface area contributed by atoms with Crippen LogP contribution in [0.25, 0.3) is 5.70 Å². The average Bonchev–Trinajstić information content (AvgIpc) is 2.53. The molecular weight excluding hydrogens is 306 g/mol. The SMILES string of the molecule is CC1(C)Cc2ccccc2C(=CC(=O)C2CCC(C(C)(C)C)CC2)N1. The summed E-state index contributed by atoms with van der Waals surface area (Å²) in [5.74, 6) is 1.25. The Morgan fingerprint density at radius 1 is 1.12 bits per heavy atom. The highest BCUT2D eigenvalue weighted by atomic mass is 16.1. The molecule has 0 amide bonds. The number of ketones is 1. The lowest BCUT2D eigenvalue weighted by molar-refractivity contribution is -0.119. The number of allylic oxidation sites excluding steroid dienone is 1. The van der Waals surface area contributed by atoms with Crippen molar-refractivity contribution in [1.29, 1.82) is 0 Å². The van der Waals surface area contributed by atoms with E-state index in [-0.39, 0.29) is 11.5 Å². The van der Waals surface area contributed by atoms with E-state index in [1.807, 2.05) is 6.08 Å². The van der Waals surface area contributed by atoms with Crippen molar-refractivity contribution < 1.29 is 4.79 Å². The topological polar surface area (TPSA) is 29.1 Å². The van der Waals surface area contributed by atoms with Gasteiger partial charge in [0.15, 0.2) is 5.78 Å². The third-order valence-electron chi connectivity index (χ3n) is 6.05. The maximum Gasteiger partial charge on any atom is 0.160 e. The second-order valence-corrected chi connectivity index (χ2v) is 9.72. The van der Waals surface area contributed by atoms with Crippen LogP contribution in [0.4, 0.5) is 0 Å². The minimum absolute atomic E-state index is 0.00956. The monoisotopic (exact) mass is 339 g/mol. The van der Waals surface area contributed by atoms with Crippen LogP contribution >= 0.6 is 0 Å². The van der Waals surface area contributed by atoms with Gasteiger partial charge in [-0.25, -0.2) is 0 Å². The van der Waals surface area contributed by atoms with Crippen LogP contribution in [0.2, 0.25) is 0 Å². The van der Waals surface area contributed by atoms with Gasteiger partial charge < -0.3 is 5.32 Å². The van der Waals surface area contributed by atoms with E-state index in [1.54, 1.807) is 0 Å². The number of hydrogen-bond donors (Lipinski definition) is 1. The summed E-state index contributed by atoms with van der Waals surface area (Å²) in [5, 5.41) is 3.59. The van der Waals surface area contributed by atoms with Crippen LogP contribution in [0.15, 0.2) is 30.3 Å². The van der Waals surface area contributed by atoms with Crippen molar-refractivity contribution in [2.75, 3.05) is 0 Å². The first-order valence-corrected chi connectivity index (χ1v) is 9.78. The number of nitrogens with one attached hydrogen (secondary N) is 1. The van der Waals surface area contributed by atoms with Crippen LogP contribution in [0.3, 0.4) is 0 Å². The van der Waals surface area contributed by atoms with Crippen LogP contribution < -0.4 is 5.32 Å². The maximum atomic E-state index is 12.9. The standard InChI is InChI=1S/C23H33NO/c1-22(2,3)18-12-10-16(11-13-18)21(25)14-20-19-9-7-6-8-17(19)15-23(4,5)24-20/h6-9,14,16,18,24H,10-13,15H2,1-5H3. The van der Waals surface area contributed by atoms with Crippen molar-refractivity contribution in [3.8, 4) is 0 Å². The van der Waals surface area contributed by atoms with Gasteiger partial charge in [0.2, 0.25) is 0 Å². The Morgan fingerprint density at radius 3 is 2.40 bits per heavy atom. The minimum Gasteiger partial charge on any atom is -0.379 e. The number of hydrogen-bond acceptors (Lipinski definition) is 2. The normalized spacial score (nSPS) is 27.5. The molecule has 2 heteroatoms. The molecule has 1 aliphatic heterocycles. The van der Waals surface area contributed by atoms with Crippen molar-refractivity contribution in [3.05, 3.63) is 41.5 Å². The number of carbonyl (C=O) groups is 1. The highest BCUT2D eigenvalue weighted by Crippen LogP contribution is 2.40. The molecule has 1 N–H and O–H groups in total. The van der Waals surface area contributed by atoms with Crippen molar-refractivity contribution >= 4 is 11.5 Å². The van der Waals surface area contributed by atoms with E-state index in [0.717, 1.165) is 30.9 Å². The van der Waals surface area contributed by atoms with E-state index in [9.17, 15) is 4.79 Å². The van der Waals surface area contributed by atoms with E-state index in [0.29, 0.717) is 11.2 Å². The second kappa shape index (κ2) is 6.63. The van der Waals surface area contributed by atoms with Crippen LogP contribution in [0.5, 0.6) is 0 Å². The summed E-state index contributed by atoms with van der Waals surface area (Å²) in [6.07, 6.45) is 7.32. The summed E-state index contributed by atoms with van der Waals surface area (Å²) in [6, 6.07) is 8.47. The molecule has 1 fully saturated rings. The molecule has 1 aromatic rings. The Bertz CT molecular complexity index is 670. The Balaban J connectivity index is 1.76. The van der Waals surface area contributed by atoms with Crippen LogP contribution in [-0.4, -0.2) is 11.3 Å². The quantitative estimate of drug-likeness (QED) is 0.734. The lowest BCUT2D eigenvalue weighted by Gasteiger charge is -2.37. The van der Waals surface area contributed by atoms with E-state index in [1.165, 1.54) is 24.0 Å². The molecule has 2 nitrogen and oxygen atoms in total. The van der Waals surface area contributed by atoms with Crippen LogP contribution in [0, 0.1) is 17.3 Å². The number of carbonyl (C=O) groups excluding carboxylic acids is 1. The molecule has 25 heavy (non-hydrogen) atoms. The number of fused-ring (bicyclic) bond motifs is 1. The molecule has 0 atom stereocenters. The third kappa shape index (κ3) is 4.16. The van der Waals surface area contributed by atoms with Gasteiger partial charge in [-0.05, 0) is 62.8 Å². The number of rotatable bonds is 2. The molecule has 0 aromatic heterocycles. The molecule has 1 heterocycles. The summed E-state index contributed by atoms with van der Waals surface area (Å²) in [5.41, 5.74) is 3.89. The minimum atomic E-state index is -0.00956. The predicted molar refractivity (Wildman–Crippen MR) is 105 cm³/mol. The molecule has 136 valence electrons. The summed E-state index contributed by atoms with van der Waals surface area (Å²) in [6.45, 7) is 11.4. The van der Waals surface area contributed by atoms with E-state index in [4.69, 9.17) is 0 Å². The maximum absolute atomic E-state index is 12.9. The van der Waals surface area contributed by atoms with Crippen molar-refractivity contribution in [2.24, 2.45) is 17.3 Å². The van der Waals surface area contributed by atoms with Gasteiger partial charge in [0.05, 0.1) is 0 Å².